The van der Waals surface area contributed by atoms with Gasteiger partial charge in [-0.05, 0) is 31.4 Å². The van der Waals surface area contributed by atoms with Crippen molar-refractivity contribution in [2.24, 2.45) is 5.73 Å². The zero-order chi connectivity index (χ0) is 19.9. The Morgan fingerprint density at radius 3 is 2.86 bits per heavy atom. The first-order chi connectivity index (χ1) is 13.6. The van der Waals surface area contributed by atoms with Gasteiger partial charge in [0, 0.05) is 18.5 Å². The zero-order valence-corrected chi connectivity index (χ0v) is 16.5. The number of carbonyl (C=O) groups is 1. The minimum Gasteiger partial charge on any atom is -0.379 e. The Morgan fingerprint density at radius 2 is 2.14 bits per heavy atom. The number of nitrogens with two attached hydrogens (primary N) is 1. The average molecular weight is 402 g/mol. The van der Waals surface area contributed by atoms with Gasteiger partial charge in [0.05, 0.1) is 30.1 Å². The number of amides is 2. The number of carbonyl (C=O) groups excluding carboxylic acids is 1. The van der Waals surface area contributed by atoms with Crippen LogP contribution in [0.4, 0.5) is 4.79 Å². The van der Waals surface area contributed by atoms with Gasteiger partial charge in [-0.2, -0.15) is 5.10 Å². The molecule has 8 heteroatoms. The Kier molecular flexibility index (Phi) is 6.84. The van der Waals surface area contributed by atoms with Crippen LogP contribution in [0.3, 0.4) is 0 Å². The number of fused-ring (bicyclic) bond motifs is 1. The molecule has 28 heavy (non-hydrogen) atoms. The highest BCUT2D eigenvalue weighted by molar-refractivity contribution is 6.30. The lowest BCUT2D eigenvalue weighted by molar-refractivity contribution is 0.111. The third kappa shape index (κ3) is 4.99. The van der Waals surface area contributed by atoms with Gasteiger partial charge in [0.15, 0.2) is 0 Å². The summed E-state index contributed by atoms with van der Waals surface area (Å²) in [5, 5.41) is 8.56. The van der Waals surface area contributed by atoms with Gasteiger partial charge in [0.25, 0.3) is 0 Å². The molecule has 0 aliphatic carbocycles. The molecule has 0 spiro atoms. The summed E-state index contributed by atoms with van der Waals surface area (Å²) in [6.45, 7) is 3.69. The lowest BCUT2D eigenvalue weighted by Crippen LogP contribution is -2.35. The third-order valence-electron chi connectivity index (χ3n) is 4.46. The molecule has 2 heterocycles. The van der Waals surface area contributed by atoms with E-state index in [1.807, 2.05) is 54.2 Å². The second-order valence-electron chi connectivity index (χ2n) is 6.44. The van der Waals surface area contributed by atoms with Crippen molar-refractivity contribution < 1.29 is 9.53 Å². The van der Waals surface area contributed by atoms with Crippen molar-refractivity contribution in [3.63, 3.8) is 0 Å². The highest BCUT2D eigenvalue weighted by atomic mass is 35.5. The maximum atomic E-state index is 11.3. The second kappa shape index (κ2) is 9.52. The molecule has 1 aromatic carbocycles. The van der Waals surface area contributed by atoms with E-state index in [4.69, 9.17) is 22.1 Å². The Hall–Kier alpha value is -2.64. The van der Waals surface area contributed by atoms with Crippen molar-refractivity contribution in [3.8, 4) is 0 Å². The number of aromatic nitrogens is 3. The fraction of sp³-hybridized carbons (Fsp3) is 0.350. The Labute approximate surface area is 168 Å². The summed E-state index contributed by atoms with van der Waals surface area (Å²) in [5.74, 6) is 0. The molecule has 1 atom stereocenters. The minimum atomic E-state index is -0.573. The molecule has 148 valence electrons. The van der Waals surface area contributed by atoms with Gasteiger partial charge >= 0.3 is 6.03 Å². The molecule has 3 N–H and O–H groups in total. The quantitative estimate of drug-likeness (QED) is 0.424. The van der Waals surface area contributed by atoms with E-state index in [0.717, 1.165) is 41.5 Å². The largest absolute Gasteiger partial charge is 0.379 e. The summed E-state index contributed by atoms with van der Waals surface area (Å²) in [4.78, 5) is 15.8. The van der Waals surface area contributed by atoms with E-state index in [1.54, 1.807) is 0 Å². The minimum absolute atomic E-state index is 0.281. The van der Waals surface area contributed by atoms with Gasteiger partial charge in [0.2, 0.25) is 0 Å². The van der Waals surface area contributed by atoms with E-state index in [9.17, 15) is 4.79 Å². The SMILES string of the molecule is CCn1ncc2cc(Cl)nc(CCCOCC(NC(N)=O)c3ccccc3)c21. The van der Waals surface area contributed by atoms with Crippen LogP contribution in [-0.4, -0.2) is 34.0 Å². The summed E-state index contributed by atoms with van der Waals surface area (Å²) in [6, 6.07) is 10.6. The van der Waals surface area contributed by atoms with Gasteiger partial charge in [-0.15, -0.1) is 0 Å². The molecule has 2 aromatic heterocycles. The molecular formula is C20H24ClN5O2. The van der Waals surface area contributed by atoms with Crippen LogP contribution in [0.5, 0.6) is 0 Å². The van der Waals surface area contributed by atoms with Gasteiger partial charge in [-0.25, -0.2) is 9.78 Å². The Bertz CT molecular complexity index is 929. The van der Waals surface area contributed by atoms with E-state index in [-0.39, 0.29) is 6.04 Å². The van der Waals surface area contributed by atoms with E-state index in [1.165, 1.54) is 0 Å². The fourth-order valence-corrected chi connectivity index (χ4v) is 3.42. The average Bonchev–Trinajstić information content (AvgIpc) is 3.10. The lowest BCUT2D eigenvalue weighted by Gasteiger charge is -2.18. The van der Waals surface area contributed by atoms with Crippen LogP contribution in [-0.2, 0) is 17.7 Å². The highest BCUT2D eigenvalue weighted by Crippen LogP contribution is 2.22. The van der Waals surface area contributed by atoms with E-state index >= 15 is 0 Å². The predicted molar refractivity (Wildman–Crippen MR) is 109 cm³/mol. The topological polar surface area (TPSA) is 95.1 Å². The number of primary amides is 1. The summed E-state index contributed by atoms with van der Waals surface area (Å²) in [6.07, 6.45) is 3.31. The molecule has 3 rings (SSSR count). The van der Waals surface area contributed by atoms with Crippen LogP contribution >= 0.6 is 11.6 Å². The standard InChI is InChI=1S/C20H24ClN5O2/c1-2-26-19-15(12-23-26)11-18(21)24-16(19)9-6-10-28-13-17(25-20(22)27)14-7-4-3-5-8-14/h3-5,7-8,11-12,17H,2,6,9-10,13H2,1H3,(H3,22,25,27). The number of urea groups is 1. The number of nitrogens with zero attached hydrogens (tertiary/aromatic N) is 3. The molecule has 0 saturated heterocycles. The van der Waals surface area contributed by atoms with E-state index in [0.29, 0.717) is 18.4 Å². The third-order valence-corrected chi connectivity index (χ3v) is 4.66. The van der Waals surface area contributed by atoms with Crippen molar-refractivity contribution in [1.29, 1.82) is 0 Å². The molecule has 3 aromatic rings. The van der Waals surface area contributed by atoms with Crippen molar-refractivity contribution in [1.82, 2.24) is 20.1 Å². The maximum absolute atomic E-state index is 11.3. The first-order valence-corrected chi connectivity index (χ1v) is 9.66. The maximum Gasteiger partial charge on any atom is 0.312 e. The van der Waals surface area contributed by atoms with Gasteiger partial charge in [-0.1, -0.05) is 41.9 Å². The molecule has 7 nitrogen and oxygen atoms in total. The number of benzene rings is 1. The Balaban J connectivity index is 1.57. The summed E-state index contributed by atoms with van der Waals surface area (Å²) >= 11 is 6.14. The highest BCUT2D eigenvalue weighted by Gasteiger charge is 2.14. The molecule has 1 unspecified atom stereocenters. The number of pyridine rings is 1. The first-order valence-electron chi connectivity index (χ1n) is 9.28. The molecular weight excluding hydrogens is 378 g/mol. The van der Waals surface area contributed by atoms with Crippen LogP contribution < -0.4 is 11.1 Å². The number of aryl methyl sites for hydroxylation is 2. The number of halogens is 1. The second-order valence-corrected chi connectivity index (χ2v) is 6.83. The number of hydrogen-bond donors (Lipinski definition) is 2. The summed E-state index contributed by atoms with van der Waals surface area (Å²) in [7, 11) is 0. The van der Waals surface area contributed by atoms with Gasteiger partial charge in [-0.3, -0.25) is 4.68 Å². The number of nitrogens with one attached hydrogen (secondary N) is 1. The summed E-state index contributed by atoms with van der Waals surface area (Å²) in [5.41, 5.74) is 8.17. The molecule has 0 fully saturated rings. The predicted octanol–water partition coefficient (Wildman–Crippen LogP) is 3.46. The molecule has 0 saturated carbocycles. The molecule has 0 bridgehead atoms. The zero-order valence-electron chi connectivity index (χ0n) is 15.8. The fourth-order valence-electron chi connectivity index (χ4n) is 3.20. The van der Waals surface area contributed by atoms with Crippen molar-refractivity contribution in [2.75, 3.05) is 13.2 Å². The van der Waals surface area contributed by atoms with Crippen LogP contribution in [0.1, 0.15) is 30.6 Å². The van der Waals surface area contributed by atoms with E-state index < -0.39 is 6.03 Å². The molecule has 0 aliphatic rings. The molecule has 0 radical (unpaired) electrons. The molecule has 0 aliphatic heterocycles. The normalized spacial score (nSPS) is 12.2. The Morgan fingerprint density at radius 1 is 1.36 bits per heavy atom. The van der Waals surface area contributed by atoms with Crippen molar-refractivity contribution >= 4 is 28.5 Å². The first kappa shape index (κ1) is 20.1. The number of hydrogen-bond acceptors (Lipinski definition) is 4. The van der Waals surface area contributed by atoms with Gasteiger partial charge < -0.3 is 15.8 Å². The van der Waals surface area contributed by atoms with E-state index in [2.05, 4.69) is 15.4 Å². The monoisotopic (exact) mass is 401 g/mol. The van der Waals surface area contributed by atoms with Crippen molar-refractivity contribution in [3.05, 3.63) is 59.0 Å². The lowest BCUT2D eigenvalue weighted by atomic mass is 10.1. The number of rotatable bonds is 9. The summed E-state index contributed by atoms with van der Waals surface area (Å²) < 4.78 is 7.73. The van der Waals surface area contributed by atoms with Crippen LogP contribution in [0.2, 0.25) is 5.15 Å². The van der Waals surface area contributed by atoms with Crippen LogP contribution in [0.25, 0.3) is 10.9 Å². The van der Waals surface area contributed by atoms with Crippen LogP contribution in [0, 0.1) is 0 Å². The van der Waals surface area contributed by atoms with Crippen molar-refractivity contribution in [2.45, 2.75) is 32.4 Å². The molecule has 2 amide bonds. The van der Waals surface area contributed by atoms with Gasteiger partial charge in [0.1, 0.15) is 5.15 Å². The smallest absolute Gasteiger partial charge is 0.312 e. The van der Waals surface area contributed by atoms with Crippen LogP contribution in [0.15, 0.2) is 42.6 Å². The number of ether oxygens (including phenoxy) is 1.